The lowest BCUT2D eigenvalue weighted by Gasteiger charge is -2.55. The lowest BCUT2D eigenvalue weighted by atomic mass is 9.58. The molecule has 1 aliphatic carbocycles. The first-order chi connectivity index (χ1) is 10.7. The third-order valence-electron chi connectivity index (χ3n) is 4.93. The molecule has 1 fully saturated rings. The van der Waals surface area contributed by atoms with Gasteiger partial charge in [0.1, 0.15) is 12.0 Å². The Labute approximate surface area is 132 Å². The zero-order chi connectivity index (χ0) is 16.0. The van der Waals surface area contributed by atoms with E-state index in [-0.39, 0.29) is 5.41 Å². The van der Waals surface area contributed by atoms with E-state index in [1.807, 2.05) is 6.07 Å². The SMILES string of the molecule is CCOC1CC(NC(=NC)NCc2ccon2)C1(CC)CC. The number of ether oxygens (including phenoxy) is 1. The monoisotopic (exact) mass is 308 g/mol. The summed E-state index contributed by atoms with van der Waals surface area (Å²) in [6.45, 7) is 7.93. The largest absolute Gasteiger partial charge is 0.378 e. The predicted molar refractivity (Wildman–Crippen MR) is 86.7 cm³/mol. The molecule has 1 aromatic heterocycles. The van der Waals surface area contributed by atoms with Crippen molar-refractivity contribution in [2.24, 2.45) is 10.4 Å². The molecule has 1 aliphatic rings. The van der Waals surface area contributed by atoms with Gasteiger partial charge in [0.2, 0.25) is 0 Å². The Bertz CT molecular complexity index is 469. The highest BCUT2D eigenvalue weighted by molar-refractivity contribution is 5.80. The van der Waals surface area contributed by atoms with Crippen LogP contribution in [0.4, 0.5) is 0 Å². The van der Waals surface area contributed by atoms with E-state index in [4.69, 9.17) is 9.26 Å². The Morgan fingerprint density at radius 3 is 2.77 bits per heavy atom. The minimum Gasteiger partial charge on any atom is -0.378 e. The minimum atomic E-state index is 0.196. The maximum atomic E-state index is 5.92. The summed E-state index contributed by atoms with van der Waals surface area (Å²) >= 11 is 0. The average Bonchev–Trinajstić information content (AvgIpc) is 3.04. The van der Waals surface area contributed by atoms with Crippen LogP contribution < -0.4 is 10.6 Å². The Balaban J connectivity index is 1.93. The Morgan fingerprint density at radius 1 is 1.45 bits per heavy atom. The molecule has 6 heteroatoms. The predicted octanol–water partition coefficient (Wildman–Crippen LogP) is 2.32. The van der Waals surface area contributed by atoms with Crippen LogP contribution >= 0.6 is 0 Å². The van der Waals surface area contributed by atoms with E-state index >= 15 is 0 Å². The van der Waals surface area contributed by atoms with Crippen molar-refractivity contribution in [2.45, 2.75) is 58.7 Å². The fourth-order valence-corrected chi connectivity index (χ4v) is 3.45. The van der Waals surface area contributed by atoms with Crippen LogP contribution in [-0.2, 0) is 11.3 Å². The Morgan fingerprint density at radius 2 is 2.23 bits per heavy atom. The number of hydrogen-bond donors (Lipinski definition) is 2. The molecule has 0 bridgehead atoms. The molecule has 1 heterocycles. The fraction of sp³-hybridized carbons (Fsp3) is 0.750. The number of nitrogens with one attached hydrogen (secondary N) is 2. The van der Waals surface area contributed by atoms with E-state index in [0.717, 1.165) is 37.5 Å². The third kappa shape index (κ3) is 3.27. The van der Waals surface area contributed by atoms with Crippen LogP contribution in [0.2, 0.25) is 0 Å². The van der Waals surface area contributed by atoms with Crippen LogP contribution in [0.3, 0.4) is 0 Å². The summed E-state index contributed by atoms with van der Waals surface area (Å²) in [5.41, 5.74) is 1.06. The number of nitrogens with zero attached hydrogens (tertiary/aromatic N) is 2. The first-order valence-electron chi connectivity index (χ1n) is 8.18. The van der Waals surface area contributed by atoms with Crippen molar-refractivity contribution in [1.29, 1.82) is 0 Å². The standard InChI is InChI=1S/C16H28N4O2/c1-5-16(6-2)13(10-14(16)21-7-3)19-15(17-4)18-11-12-8-9-22-20-12/h8-9,13-14H,5-7,10-11H2,1-4H3,(H2,17,18,19). The van der Waals surface area contributed by atoms with E-state index in [2.05, 4.69) is 41.6 Å². The van der Waals surface area contributed by atoms with Crippen molar-refractivity contribution < 1.29 is 9.26 Å². The molecule has 6 nitrogen and oxygen atoms in total. The van der Waals surface area contributed by atoms with Crippen LogP contribution in [-0.4, -0.2) is 36.9 Å². The second-order valence-electron chi connectivity index (χ2n) is 5.73. The van der Waals surface area contributed by atoms with Gasteiger partial charge < -0.3 is 19.9 Å². The first kappa shape index (κ1) is 16.8. The molecule has 0 aromatic carbocycles. The highest BCUT2D eigenvalue weighted by Crippen LogP contribution is 2.48. The van der Waals surface area contributed by atoms with Crippen molar-refractivity contribution in [3.63, 3.8) is 0 Å². The molecule has 2 atom stereocenters. The molecular formula is C16H28N4O2. The summed E-state index contributed by atoms with van der Waals surface area (Å²) < 4.78 is 10.8. The molecule has 2 N–H and O–H groups in total. The Hall–Kier alpha value is -1.56. The molecular weight excluding hydrogens is 280 g/mol. The van der Waals surface area contributed by atoms with Gasteiger partial charge in [-0.05, 0) is 26.2 Å². The number of hydrogen-bond acceptors (Lipinski definition) is 4. The average molecular weight is 308 g/mol. The molecule has 22 heavy (non-hydrogen) atoms. The molecule has 0 radical (unpaired) electrons. The quantitative estimate of drug-likeness (QED) is 0.597. The van der Waals surface area contributed by atoms with Gasteiger partial charge in [-0.2, -0.15) is 0 Å². The number of aliphatic imine (C=N–C) groups is 1. The van der Waals surface area contributed by atoms with E-state index in [0.29, 0.717) is 18.7 Å². The number of aromatic nitrogens is 1. The van der Waals surface area contributed by atoms with Crippen molar-refractivity contribution in [3.05, 3.63) is 18.0 Å². The molecule has 2 unspecified atom stereocenters. The zero-order valence-electron chi connectivity index (χ0n) is 14.1. The highest BCUT2D eigenvalue weighted by Gasteiger charge is 2.53. The van der Waals surface area contributed by atoms with Gasteiger partial charge in [0, 0.05) is 31.2 Å². The normalized spacial score (nSPS) is 23.9. The van der Waals surface area contributed by atoms with Crippen LogP contribution in [0.15, 0.2) is 21.8 Å². The molecule has 2 rings (SSSR count). The van der Waals surface area contributed by atoms with E-state index in [9.17, 15) is 0 Å². The maximum Gasteiger partial charge on any atom is 0.191 e. The number of guanidine groups is 1. The van der Waals surface area contributed by atoms with E-state index in [1.165, 1.54) is 0 Å². The summed E-state index contributed by atoms with van der Waals surface area (Å²) in [7, 11) is 1.79. The molecule has 0 spiro atoms. The minimum absolute atomic E-state index is 0.196. The number of rotatable bonds is 7. The molecule has 0 aliphatic heterocycles. The van der Waals surface area contributed by atoms with Crippen molar-refractivity contribution in [3.8, 4) is 0 Å². The summed E-state index contributed by atoms with van der Waals surface area (Å²) in [5, 5.41) is 10.7. The summed E-state index contributed by atoms with van der Waals surface area (Å²) in [4.78, 5) is 4.31. The first-order valence-corrected chi connectivity index (χ1v) is 8.18. The lowest BCUT2D eigenvalue weighted by Crippen LogP contribution is -2.65. The maximum absolute atomic E-state index is 5.92. The molecule has 124 valence electrons. The summed E-state index contributed by atoms with van der Waals surface area (Å²) in [5.74, 6) is 0.800. The lowest BCUT2D eigenvalue weighted by molar-refractivity contribution is -0.133. The van der Waals surface area contributed by atoms with Gasteiger partial charge >= 0.3 is 0 Å². The smallest absolute Gasteiger partial charge is 0.191 e. The van der Waals surface area contributed by atoms with Gasteiger partial charge in [0.25, 0.3) is 0 Å². The van der Waals surface area contributed by atoms with Crippen molar-refractivity contribution in [1.82, 2.24) is 15.8 Å². The van der Waals surface area contributed by atoms with Gasteiger partial charge in [0.15, 0.2) is 5.96 Å². The second-order valence-corrected chi connectivity index (χ2v) is 5.73. The molecule has 0 saturated heterocycles. The highest BCUT2D eigenvalue weighted by atomic mass is 16.5. The Kier molecular flexibility index (Phi) is 5.83. The zero-order valence-corrected chi connectivity index (χ0v) is 14.1. The van der Waals surface area contributed by atoms with Crippen LogP contribution in [0.1, 0.15) is 45.7 Å². The third-order valence-corrected chi connectivity index (χ3v) is 4.93. The van der Waals surface area contributed by atoms with E-state index < -0.39 is 0 Å². The molecule has 1 saturated carbocycles. The molecule has 0 amide bonds. The molecule has 1 aromatic rings. The van der Waals surface area contributed by atoms with Gasteiger partial charge in [-0.3, -0.25) is 4.99 Å². The topological polar surface area (TPSA) is 71.7 Å². The van der Waals surface area contributed by atoms with Gasteiger partial charge in [0.05, 0.1) is 12.6 Å². The second kappa shape index (κ2) is 7.63. The van der Waals surface area contributed by atoms with Crippen LogP contribution in [0, 0.1) is 5.41 Å². The van der Waals surface area contributed by atoms with Gasteiger partial charge in [-0.25, -0.2) is 0 Å². The van der Waals surface area contributed by atoms with Gasteiger partial charge in [-0.1, -0.05) is 19.0 Å². The van der Waals surface area contributed by atoms with Crippen LogP contribution in [0.5, 0.6) is 0 Å². The summed E-state index contributed by atoms with van der Waals surface area (Å²) in [6, 6.07) is 2.24. The van der Waals surface area contributed by atoms with E-state index in [1.54, 1.807) is 13.3 Å². The van der Waals surface area contributed by atoms with Crippen LogP contribution in [0.25, 0.3) is 0 Å². The van der Waals surface area contributed by atoms with Gasteiger partial charge in [-0.15, -0.1) is 0 Å². The fourth-order valence-electron chi connectivity index (χ4n) is 3.45. The summed E-state index contributed by atoms with van der Waals surface area (Å²) in [6.07, 6.45) is 5.15. The van der Waals surface area contributed by atoms with Crippen molar-refractivity contribution >= 4 is 5.96 Å². The van der Waals surface area contributed by atoms with Crippen molar-refractivity contribution in [2.75, 3.05) is 13.7 Å².